The van der Waals surface area contributed by atoms with Gasteiger partial charge < -0.3 is 19.0 Å². The predicted molar refractivity (Wildman–Crippen MR) is 125 cm³/mol. The topological polar surface area (TPSA) is 69.3 Å². The minimum Gasteiger partial charge on any atom is -0.497 e. The molecule has 0 fully saturated rings. The number of aryl methyl sites for hydroxylation is 2. The third-order valence-electron chi connectivity index (χ3n) is 5.89. The van der Waals surface area contributed by atoms with E-state index < -0.39 is 5.97 Å². The van der Waals surface area contributed by atoms with E-state index in [-0.39, 0.29) is 6.42 Å². The zero-order valence-electron chi connectivity index (χ0n) is 17.9. The Labute approximate surface area is 185 Å². The van der Waals surface area contributed by atoms with Crippen LogP contribution in [0.5, 0.6) is 5.75 Å². The number of nitrogens with zero attached hydrogens (tertiary/aromatic N) is 3. The zero-order chi connectivity index (χ0) is 22.2. The summed E-state index contributed by atoms with van der Waals surface area (Å²) in [6.07, 6.45) is 6.09. The molecule has 0 amide bonds. The van der Waals surface area contributed by atoms with Crippen molar-refractivity contribution in [1.29, 1.82) is 0 Å². The van der Waals surface area contributed by atoms with Gasteiger partial charge >= 0.3 is 5.97 Å². The fraction of sp³-hybridized carbons (Fsp3) is 0.154. The normalized spacial score (nSPS) is 11.3. The zero-order valence-corrected chi connectivity index (χ0v) is 17.9. The molecule has 1 N–H and O–H groups in total. The van der Waals surface area contributed by atoms with Crippen molar-refractivity contribution < 1.29 is 14.6 Å². The lowest BCUT2D eigenvalue weighted by atomic mass is 10.1. The van der Waals surface area contributed by atoms with Gasteiger partial charge in [-0.2, -0.15) is 0 Å². The largest absolute Gasteiger partial charge is 0.497 e. The van der Waals surface area contributed by atoms with Gasteiger partial charge in [0.2, 0.25) is 0 Å². The van der Waals surface area contributed by atoms with E-state index in [2.05, 4.69) is 52.9 Å². The monoisotopic (exact) mass is 425 g/mol. The highest BCUT2D eigenvalue weighted by Gasteiger charge is 2.16. The highest BCUT2D eigenvalue weighted by molar-refractivity contribution is 6.10. The SMILES string of the molecule is COc1ccc(-n2c3ccc(-n4ccnc4)cc3c3ccc(CCC(=O)O)cc32)c(C)c1. The number of rotatable bonds is 6. The second-order valence-electron chi connectivity index (χ2n) is 7.90. The van der Waals surface area contributed by atoms with Crippen LogP contribution in [0.15, 0.2) is 73.3 Å². The van der Waals surface area contributed by atoms with Crippen molar-refractivity contribution in [3.63, 3.8) is 0 Å². The first-order valence-corrected chi connectivity index (χ1v) is 10.5. The number of benzene rings is 3. The molecular weight excluding hydrogens is 402 g/mol. The van der Waals surface area contributed by atoms with Gasteiger partial charge in [0, 0.05) is 41.0 Å². The minimum absolute atomic E-state index is 0.109. The van der Waals surface area contributed by atoms with E-state index in [4.69, 9.17) is 9.84 Å². The van der Waals surface area contributed by atoms with Crippen LogP contribution in [-0.4, -0.2) is 32.3 Å². The molecule has 5 rings (SSSR count). The van der Waals surface area contributed by atoms with Crippen molar-refractivity contribution in [2.75, 3.05) is 7.11 Å². The van der Waals surface area contributed by atoms with Crippen LogP contribution in [0.2, 0.25) is 0 Å². The smallest absolute Gasteiger partial charge is 0.303 e. The van der Waals surface area contributed by atoms with Crippen LogP contribution in [0.1, 0.15) is 17.5 Å². The first-order valence-electron chi connectivity index (χ1n) is 10.5. The van der Waals surface area contributed by atoms with E-state index in [1.165, 1.54) is 0 Å². The highest BCUT2D eigenvalue weighted by atomic mass is 16.5. The summed E-state index contributed by atoms with van der Waals surface area (Å²) >= 11 is 0. The Hall–Kier alpha value is -4.06. The van der Waals surface area contributed by atoms with Gasteiger partial charge in [-0.1, -0.05) is 12.1 Å². The Bertz CT molecular complexity index is 1450. The van der Waals surface area contributed by atoms with Crippen molar-refractivity contribution in [1.82, 2.24) is 14.1 Å². The summed E-state index contributed by atoms with van der Waals surface area (Å²) in [5.41, 5.74) is 6.35. The lowest BCUT2D eigenvalue weighted by Crippen LogP contribution is -2.00. The maximum atomic E-state index is 11.1. The van der Waals surface area contributed by atoms with E-state index in [1.54, 1.807) is 19.6 Å². The van der Waals surface area contributed by atoms with Crippen molar-refractivity contribution >= 4 is 27.8 Å². The van der Waals surface area contributed by atoms with Crippen LogP contribution >= 0.6 is 0 Å². The number of hydrogen-bond acceptors (Lipinski definition) is 3. The lowest BCUT2D eigenvalue weighted by Gasteiger charge is -2.13. The van der Waals surface area contributed by atoms with Gasteiger partial charge in [-0.25, -0.2) is 4.98 Å². The standard InChI is InChI=1S/C26H23N3O3/c1-17-13-20(32-2)6-9-23(17)29-24-8-5-19(28-12-11-27-16-28)15-22(24)21-7-3-18(14-25(21)29)4-10-26(30)31/h3,5-9,11-16H,4,10H2,1-2H3,(H,30,31). The van der Waals surface area contributed by atoms with E-state index in [1.807, 2.05) is 29.0 Å². The molecule has 0 aliphatic carbocycles. The van der Waals surface area contributed by atoms with Gasteiger partial charge in [-0.3, -0.25) is 4.79 Å². The molecule has 0 saturated carbocycles. The third-order valence-corrected chi connectivity index (χ3v) is 5.89. The van der Waals surface area contributed by atoms with Gasteiger partial charge in [-0.05, 0) is 66.9 Å². The number of methoxy groups -OCH3 is 1. The molecule has 0 unspecified atom stereocenters. The molecule has 2 aromatic heterocycles. The van der Waals surface area contributed by atoms with Gasteiger partial charge in [-0.15, -0.1) is 0 Å². The molecule has 0 saturated heterocycles. The predicted octanol–water partition coefficient (Wildman–Crippen LogP) is 5.30. The second kappa shape index (κ2) is 7.89. The molecule has 6 heteroatoms. The first kappa shape index (κ1) is 19.9. The minimum atomic E-state index is -0.790. The number of carbonyl (C=O) groups is 1. The molecule has 32 heavy (non-hydrogen) atoms. The Morgan fingerprint density at radius 3 is 2.62 bits per heavy atom. The van der Waals surface area contributed by atoms with E-state index in [0.717, 1.165) is 50.1 Å². The van der Waals surface area contributed by atoms with Crippen LogP contribution in [0.3, 0.4) is 0 Å². The lowest BCUT2D eigenvalue weighted by molar-refractivity contribution is -0.136. The number of fused-ring (bicyclic) bond motifs is 3. The van der Waals surface area contributed by atoms with Crippen molar-refractivity contribution in [2.45, 2.75) is 19.8 Å². The second-order valence-corrected chi connectivity index (χ2v) is 7.90. The molecule has 6 nitrogen and oxygen atoms in total. The Morgan fingerprint density at radius 2 is 1.91 bits per heavy atom. The first-order chi connectivity index (χ1) is 15.5. The van der Waals surface area contributed by atoms with Gasteiger partial charge in [0.05, 0.1) is 24.5 Å². The number of hydrogen-bond donors (Lipinski definition) is 1. The van der Waals surface area contributed by atoms with Crippen LogP contribution in [0.25, 0.3) is 33.2 Å². The summed E-state index contributed by atoms with van der Waals surface area (Å²) in [6.45, 7) is 2.07. The summed E-state index contributed by atoms with van der Waals surface area (Å²) in [7, 11) is 1.67. The number of aliphatic carboxylic acids is 1. The number of ether oxygens (including phenoxy) is 1. The quantitative estimate of drug-likeness (QED) is 0.401. The molecule has 0 spiro atoms. The molecule has 0 atom stereocenters. The fourth-order valence-corrected chi connectivity index (χ4v) is 4.30. The van der Waals surface area contributed by atoms with Gasteiger partial charge in [0.1, 0.15) is 5.75 Å². The number of carboxylic acids is 1. The highest BCUT2D eigenvalue weighted by Crippen LogP contribution is 2.35. The Balaban J connectivity index is 1.78. The number of carboxylic acid groups (broad SMARTS) is 1. The molecule has 0 aliphatic heterocycles. The fourth-order valence-electron chi connectivity index (χ4n) is 4.30. The molecule has 0 aliphatic rings. The molecule has 0 radical (unpaired) electrons. The summed E-state index contributed by atoms with van der Waals surface area (Å²) < 4.78 is 9.64. The maximum Gasteiger partial charge on any atom is 0.303 e. The van der Waals surface area contributed by atoms with Crippen LogP contribution in [0, 0.1) is 6.92 Å². The van der Waals surface area contributed by atoms with E-state index >= 15 is 0 Å². The summed E-state index contributed by atoms with van der Waals surface area (Å²) in [4.78, 5) is 15.3. The number of aromatic nitrogens is 3. The number of imidazole rings is 1. The molecular formula is C26H23N3O3. The van der Waals surface area contributed by atoms with Gasteiger partial charge in [0.25, 0.3) is 0 Å². The van der Waals surface area contributed by atoms with Crippen molar-refractivity contribution in [2.24, 2.45) is 0 Å². The average Bonchev–Trinajstić information content (AvgIpc) is 3.44. The van der Waals surface area contributed by atoms with Crippen molar-refractivity contribution in [3.05, 3.63) is 84.4 Å². The van der Waals surface area contributed by atoms with Crippen molar-refractivity contribution in [3.8, 4) is 17.1 Å². The van der Waals surface area contributed by atoms with E-state index in [0.29, 0.717) is 6.42 Å². The molecule has 0 bridgehead atoms. The van der Waals surface area contributed by atoms with E-state index in [9.17, 15) is 4.79 Å². The summed E-state index contributed by atoms with van der Waals surface area (Å²) in [5.74, 6) is 0.0261. The van der Waals surface area contributed by atoms with Crippen LogP contribution < -0.4 is 4.74 Å². The molecule has 5 aromatic rings. The third kappa shape index (κ3) is 3.39. The van der Waals surface area contributed by atoms with Crippen LogP contribution in [0.4, 0.5) is 0 Å². The average molecular weight is 425 g/mol. The summed E-state index contributed by atoms with van der Waals surface area (Å²) in [6, 6.07) is 18.7. The Morgan fingerprint density at radius 1 is 1.03 bits per heavy atom. The Kier molecular flexibility index (Phi) is 4.90. The molecule has 2 heterocycles. The summed E-state index contributed by atoms with van der Waals surface area (Å²) in [5, 5.41) is 11.4. The van der Waals surface area contributed by atoms with Crippen LogP contribution in [-0.2, 0) is 11.2 Å². The molecule has 3 aromatic carbocycles. The maximum absolute atomic E-state index is 11.1. The van der Waals surface area contributed by atoms with Gasteiger partial charge in [0.15, 0.2) is 0 Å². The molecule has 160 valence electrons.